The van der Waals surface area contributed by atoms with Crippen molar-refractivity contribution in [3.63, 3.8) is 0 Å². The van der Waals surface area contributed by atoms with E-state index in [1.165, 1.54) is 4.70 Å². The van der Waals surface area contributed by atoms with Gasteiger partial charge in [-0.3, -0.25) is 0 Å². The van der Waals surface area contributed by atoms with Crippen molar-refractivity contribution in [1.29, 1.82) is 0 Å². The Hall–Kier alpha value is -8.20. The first-order valence-corrected chi connectivity index (χ1v) is 21.3. The molecular formula is C54H33N7S. The smallest absolute Gasteiger partial charge is 0.164 e. The zero-order valence-corrected chi connectivity index (χ0v) is 33.9. The molecule has 8 heteroatoms. The molecule has 12 aromatic rings. The minimum Gasteiger partial charge on any atom is -0.309 e. The molecular weight excluding hydrogens is 779 g/mol. The Bertz CT molecular complexity index is 3570. The third-order valence-corrected chi connectivity index (χ3v) is 12.4. The first-order chi connectivity index (χ1) is 30.7. The fourth-order valence-corrected chi connectivity index (χ4v) is 9.52. The second kappa shape index (κ2) is 14.8. The maximum Gasteiger partial charge on any atom is 0.164 e. The average molecular weight is 812 g/mol. The van der Waals surface area contributed by atoms with Gasteiger partial charge in [-0.2, -0.15) is 0 Å². The molecule has 62 heavy (non-hydrogen) atoms. The van der Waals surface area contributed by atoms with Gasteiger partial charge >= 0.3 is 0 Å². The highest BCUT2D eigenvalue weighted by molar-refractivity contribution is 7.25. The number of hydrogen-bond donors (Lipinski definition) is 0. The average Bonchev–Trinajstić information content (AvgIpc) is 3.90. The highest BCUT2D eigenvalue weighted by Gasteiger charge is 2.20. The predicted molar refractivity (Wildman–Crippen MR) is 253 cm³/mol. The number of thiophene rings is 1. The summed E-state index contributed by atoms with van der Waals surface area (Å²) in [5, 5.41) is 4.52. The highest BCUT2D eigenvalue weighted by Crippen LogP contribution is 2.41. The van der Waals surface area contributed by atoms with E-state index in [1.54, 1.807) is 11.3 Å². The van der Waals surface area contributed by atoms with E-state index in [0.29, 0.717) is 34.9 Å². The van der Waals surface area contributed by atoms with Crippen LogP contribution >= 0.6 is 11.3 Å². The lowest BCUT2D eigenvalue weighted by Crippen LogP contribution is -2.00. The van der Waals surface area contributed by atoms with Crippen LogP contribution in [0.15, 0.2) is 200 Å². The Morgan fingerprint density at radius 1 is 0.306 bits per heavy atom. The second-order valence-electron chi connectivity index (χ2n) is 15.1. The fourth-order valence-electron chi connectivity index (χ4n) is 8.40. The molecule has 12 rings (SSSR count). The Labute approximate surface area is 360 Å². The molecule has 0 aliphatic heterocycles. The zero-order chi connectivity index (χ0) is 41.0. The van der Waals surface area contributed by atoms with Crippen molar-refractivity contribution in [2.45, 2.75) is 0 Å². The van der Waals surface area contributed by atoms with Crippen molar-refractivity contribution in [1.82, 2.24) is 34.5 Å². The summed E-state index contributed by atoms with van der Waals surface area (Å²) in [7, 11) is 0. The van der Waals surface area contributed by atoms with Crippen molar-refractivity contribution in [3.05, 3.63) is 200 Å². The molecule has 0 saturated carbocycles. The molecule has 0 fully saturated rings. The van der Waals surface area contributed by atoms with E-state index in [2.05, 4.69) is 120 Å². The lowest BCUT2D eigenvalue weighted by Gasteiger charge is -2.10. The van der Waals surface area contributed by atoms with Crippen LogP contribution in [0, 0.1) is 0 Å². The Kier molecular flexibility index (Phi) is 8.53. The summed E-state index contributed by atoms with van der Waals surface area (Å²) in [6.07, 6.45) is 0. The van der Waals surface area contributed by atoms with Gasteiger partial charge in [0.2, 0.25) is 0 Å². The molecule has 0 atom stereocenters. The normalized spacial score (nSPS) is 11.5. The Balaban J connectivity index is 0.998. The van der Waals surface area contributed by atoms with Gasteiger partial charge in [-0.15, -0.1) is 11.3 Å². The van der Waals surface area contributed by atoms with E-state index in [1.807, 2.05) is 84.9 Å². The zero-order valence-electron chi connectivity index (χ0n) is 33.1. The molecule has 4 heterocycles. The van der Waals surface area contributed by atoms with Crippen LogP contribution in [-0.2, 0) is 0 Å². The van der Waals surface area contributed by atoms with Gasteiger partial charge in [0.05, 0.1) is 11.0 Å². The SMILES string of the molecule is c1ccc(-c2nc(-c3ccccc3)nc(-c3ccc4sc5cc(-c6nc(-c7ccccc7)nc(-c7cccc8c7c7ccccc7n8-c7ccccc7)n6)ccc5c4c3)n2)cc1. The van der Waals surface area contributed by atoms with E-state index in [9.17, 15) is 0 Å². The molecule has 290 valence electrons. The van der Waals surface area contributed by atoms with Crippen molar-refractivity contribution in [2.75, 3.05) is 0 Å². The van der Waals surface area contributed by atoms with Gasteiger partial charge in [0.15, 0.2) is 34.9 Å². The first-order valence-electron chi connectivity index (χ1n) is 20.5. The first kappa shape index (κ1) is 35.7. The van der Waals surface area contributed by atoms with Crippen LogP contribution in [0.2, 0.25) is 0 Å². The monoisotopic (exact) mass is 811 g/mol. The lowest BCUT2D eigenvalue weighted by atomic mass is 10.0. The van der Waals surface area contributed by atoms with Crippen molar-refractivity contribution in [3.8, 4) is 74.0 Å². The topological polar surface area (TPSA) is 82.3 Å². The minimum atomic E-state index is 0.616. The number of rotatable bonds is 7. The van der Waals surface area contributed by atoms with Crippen LogP contribution in [0.1, 0.15) is 0 Å². The molecule has 0 unspecified atom stereocenters. The summed E-state index contributed by atoms with van der Waals surface area (Å²) in [4.78, 5) is 30.5. The van der Waals surface area contributed by atoms with Gasteiger partial charge in [0.1, 0.15) is 0 Å². The summed E-state index contributed by atoms with van der Waals surface area (Å²) in [6.45, 7) is 0. The Morgan fingerprint density at radius 3 is 1.40 bits per heavy atom. The van der Waals surface area contributed by atoms with Crippen LogP contribution < -0.4 is 0 Å². The second-order valence-corrected chi connectivity index (χ2v) is 16.2. The van der Waals surface area contributed by atoms with Crippen LogP contribution in [0.5, 0.6) is 0 Å². The molecule has 8 aromatic carbocycles. The standard InChI is InChI=1S/C54H33N7S/c1-5-16-34(17-6-1)49-55-50(35-18-7-2-8-19-35)57-52(56-49)37-29-31-46-43(32-37)40-30-28-38(33-47(40)62-46)53-58-51(36-20-9-3-10-21-36)59-54(60-53)42-25-15-27-45-48(42)41-24-13-14-26-44(41)61(45)39-22-11-4-12-23-39/h1-33H. The highest BCUT2D eigenvalue weighted by atomic mass is 32.1. The largest absolute Gasteiger partial charge is 0.309 e. The molecule has 0 bridgehead atoms. The Morgan fingerprint density at radius 2 is 0.790 bits per heavy atom. The van der Waals surface area contributed by atoms with Gasteiger partial charge < -0.3 is 4.57 Å². The van der Waals surface area contributed by atoms with Crippen LogP contribution in [0.25, 0.3) is 116 Å². The number of aromatic nitrogens is 7. The van der Waals surface area contributed by atoms with Crippen LogP contribution in [-0.4, -0.2) is 34.5 Å². The van der Waals surface area contributed by atoms with Gasteiger partial charge in [-0.25, -0.2) is 29.9 Å². The maximum absolute atomic E-state index is 5.27. The van der Waals surface area contributed by atoms with E-state index < -0.39 is 0 Å². The summed E-state index contributed by atoms with van der Waals surface area (Å²) in [5.41, 5.74) is 8.92. The van der Waals surface area contributed by atoms with Gasteiger partial charge in [-0.05, 0) is 48.5 Å². The van der Waals surface area contributed by atoms with Gasteiger partial charge in [0, 0.05) is 70.0 Å². The van der Waals surface area contributed by atoms with Crippen LogP contribution in [0.4, 0.5) is 0 Å². The molecule has 0 aliphatic rings. The number of benzene rings is 8. The number of hydrogen-bond acceptors (Lipinski definition) is 7. The minimum absolute atomic E-state index is 0.616. The van der Waals surface area contributed by atoms with Gasteiger partial charge in [-0.1, -0.05) is 152 Å². The number of fused-ring (bicyclic) bond motifs is 6. The van der Waals surface area contributed by atoms with E-state index in [4.69, 9.17) is 29.9 Å². The maximum atomic E-state index is 5.27. The molecule has 0 saturated heterocycles. The molecule has 0 radical (unpaired) electrons. The number of para-hydroxylation sites is 2. The summed E-state index contributed by atoms with van der Waals surface area (Å²) in [6, 6.07) is 68.8. The summed E-state index contributed by atoms with van der Waals surface area (Å²) >= 11 is 1.75. The van der Waals surface area contributed by atoms with E-state index in [0.717, 1.165) is 76.3 Å². The summed E-state index contributed by atoms with van der Waals surface area (Å²) < 4.78 is 4.63. The molecule has 4 aromatic heterocycles. The van der Waals surface area contributed by atoms with Gasteiger partial charge in [0.25, 0.3) is 0 Å². The van der Waals surface area contributed by atoms with Crippen LogP contribution in [0.3, 0.4) is 0 Å². The third-order valence-electron chi connectivity index (χ3n) is 11.3. The molecule has 0 aliphatic carbocycles. The van der Waals surface area contributed by atoms with Crippen molar-refractivity contribution >= 4 is 53.3 Å². The van der Waals surface area contributed by atoms with E-state index >= 15 is 0 Å². The molecule has 7 nitrogen and oxygen atoms in total. The summed E-state index contributed by atoms with van der Waals surface area (Å²) in [5.74, 6) is 3.77. The van der Waals surface area contributed by atoms with E-state index in [-0.39, 0.29) is 0 Å². The van der Waals surface area contributed by atoms with Crippen molar-refractivity contribution < 1.29 is 0 Å². The quantitative estimate of drug-likeness (QED) is 0.159. The molecule has 0 amide bonds. The fraction of sp³-hybridized carbons (Fsp3) is 0. The number of nitrogens with zero attached hydrogens (tertiary/aromatic N) is 7. The van der Waals surface area contributed by atoms with Crippen molar-refractivity contribution in [2.24, 2.45) is 0 Å². The molecule has 0 spiro atoms. The predicted octanol–water partition coefficient (Wildman–Crippen LogP) is 13.5. The lowest BCUT2D eigenvalue weighted by molar-refractivity contribution is 1.07. The molecule has 0 N–H and O–H groups in total. The third kappa shape index (κ3) is 6.20.